The van der Waals surface area contributed by atoms with Gasteiger partial charge in [-0.25, -0.2) is 0 Å². The van der Waals surface area contributed by atoms with E-state index < -0.39 is 17.5 Å². The first-order valence-corrected chi connectivity index (χ1v) is 6.65. The molecule has 2 rings (SSSR count). The van der Waals surface area contributed by atoms with E-state index in [2.05, 4.69) is 20.6 Å². The second-order valence-electron chi connectivity index (χ2n) is 5.49. The van der Waals surface area contributed by atoms with Gasteiger partial charge in [0, 0.05) is 12.0 Å². The van der Waals surface area contributed by atoms with E-state index in [0.29, 0.717) is 11.1 Å². The highest BCUT2D eigenvalue weighted by atomic mass is 19.4. The number of Topliss-reactive ketones (excluding diaryl/α,β-unsaturated/α-hetero) is 1. The van der Waals surface area contributed by atoms with Crippen LogP contribution in [0.3, 0.4) is 0 Å². The molecule has 0 aliphatic carbocycles. The summed E-state index contributed by atoms with van der Waals surface area (Å²) >= 11 is 0. The summed E-state index contributed by atoms with van der Waals surface area (Å²) in [7, 11) is 0. The average molecular weight is 322 g/mol. The van der Waals surface area contributed by atoms with E-state index in [1.54, 1.807) is 26.0 Å². The maximum Gasteiger partial charge on any atom is 0.471 e. The Morgan fingerprint density at radius 3 is 2.35 bits per heavy atom. The van der Waals surface area contributed by atoms with Gasteiger partial charge in [-0.1, -0.05) is 35.3 Å². The minimum atomic E-state index is -4.68. The minimum absolute atomic E-state index is 0.119. The molecule has 0 bridgehead atoms. The largest absolute Gasteiger partial charge is 0.471 e. The highest BCUT2D eigenvalue weighted by Crippen LogP contribution is 2.29. The highest BCUT2D eigenvalue weighted by Gasteiger charge is 2.38. The lowest BCUT2D eigenvalue weighted by Crippen LogP contribution is -2.23. The summed E-state index contributed by atoms with van der Waals surface area (Å²) < 4.78 is 41.4. The molecule has 0 amide bonds. The molecule has 0 saturated carbocycles. The van der Waals surface area contributed by atoms with Crippen molar-refractivity contribution in [1.82, 2.24) is 10.1 Å². The molecule has 120 valence electrons. The average Bonchev–Trinajstić information content (AvgIpc) is 2.98. The summed E-state index contributed by atoms with van der Waals surface area (Å²) in [6, 6.07) is 6.28. The lowest BCUT2D eigenvalue weighted by atomic mass is 9.86. The van der Waals surface area contributed by atoms with Crippen LogP contribution in [-0.4, -0.2) is 15.9 Å². The Hall–Kier alpha value is -2.62. The van der Waals surface area contributed by atoms with E-state index in [4.69, 9.17) is 6.42 Å². The molecule has 0 aliphatic rings. The van der Waals surface area contributed by atoms with Gasteiger partial charge < -0.3 is 4.52 Å². The van der Waals surface area contributed by atoms with Crippen molar-refractivity contribution in [2.24, 2.45) is 5.41 Å². The first kappa shape index (κ1) is 16.7. The van der Waals surface area contributed by atoms with Crippen LogP contribution in [0.25, 0.3) is 11.4 Å². The molecule has 2 aromatic rings. The van der Waals surface area contributed by atoms with E-state index in [1.165, 1.54) is 12.1 Å². The van der Waals surface area contributed by atoms with Gasteiger partial charge >= 0.3 is 12.1 Å². The highest BCUT2D eigenvalue weighted by molar-refractivity contribution is 5.88. The maximum atomic E-state index is 12.4. The van der Waals surface area contributed by atoms with Crippen molar-refractivity contribution in [2.45, 2.75) is 26.4 Å². The zero-order chi connectivity index (χ0) is 17.3. The molecule has 0 aliphatic heterocycles. The topological polar surface area (TPSA) is 56.0 Å². The predicted octanol–water partition coefficient (Wildman–Crippen LogP) is 3.53. The van der Waals surface area contributed by atoms with Crippen molar-refractivity contribution in [3.63, 3.8) is 0 Å². The maximum absolute atomic E-state index is 12.4. The van der Waals surface area contributed by atoms with Gasteiger partial charge in [-0.3, -0.25) is 4.79 Å². The summed E-state index contributed by atoms with van der Waals surface area (Å²) in [5.41, 5.74) is 0.187. The number of terminal acetylenes is 1. The number of halogens is 3. The molecule has 0 radical (unpaired) electrons. The van der Waals surface area contributed by atoms with Crippen LogP contribution in [0.5, 0.6) is 0 Å². The van der Waals surface area contributed by atoms with Gasteiger partial charge in [-0.15, -0.1) is 6.42 Å². The molecule has 23 heavy (non-hydrogen) atoms. The zero-order valence-electron chi connectivity index (χ0n) is 12.4. The van der Waals surface area contributed by atoms with Crippen LogP contribution in [0.4, 0.5) is 13.2 Å². The van der Waals surface area contributed by atoms with Crippen molar-refractivity contribution in [3.05, 3.63) is 35.7 Å². The molecule has 0 unspecified atom stereocenters. The smallest absolute Gasteiger partial charge is 0.329 e. The molecule has 1 aromatic heterocycles. The van der Waals surface area contributed by atoms with Crippen LogP contribution >= 0.6 is 0 Å². The van der Waals surface area contributed by atoms with Crippen LogP contribution in [0.15, 0.2) is 28.8 Å². The zero-order valence-corrected chi connectivity index (χ0v) is 12.4. The van der Waals surface area contributed by atoms with Crippen molar-refractivity contribution in [3.8, 4) is 23.7 Å². The van der Waals surface area contributed by atoms with Gasteiger partial charge in [0.1, 0.15) is 0 Å². The number of carbonyl (C=O) groups excluding carboxylic acids is 1. The molecular weight excluding hydrogens is 309 g/mol. The number of alkyl halides is 3. The van der Waals surface area contributed by atoms with Crippen molar-refractivity contribution < 1.29 is 22.5 Å². The number of hydrogen-bond acceptors (Lipinski definition) is 4. The van der Waals surface area contributed by atoms with E-state index in [1.807, 2.05) is 0 Å². The number of ketones is 1. The number of benzene rings is 1. The molecular formula is C16H13F3N2O2. The Balaban J connectivity index is 2.16. The SMILES string of the molecule is C#CC(C)(C)C(=O)Cc1ccc(-c2noc(C(F)(F)F)n2)cc1. The Morgan fingerprint density at radius 2 is 1.87 bits per heavy atom. The third-order valence-electron chi connectivity index (χ3n) is 3.30. The van der Waals surface area contributed by atoms with Gasteiger partial charge in [0.2, 0.25) is 5.82 Å². The van der Waals surface area contributed by atoms with Crippen LogP contribution in [-0.2, 0) is 17.4 Å². The fraction of sp³-hybridized carbons (Fsp3) is 0.312. The molecule has 0 N–H and O–H groups in total. The number of nitrogens with zero attached hydrogens (tertiary/aromatic N) is 2. The molecule has 0 saturated heterocycles. The third kappa shape index (κ3) is 3.77. The minimum Gasteiger partial charge on any atom is -0.329 e. The standard InChI is InChI=1S/C16H13F3N2O2/c1-4-15(2,3)12(22)9-10-5-7-11(8-6-10)13-20-14(23-21-13)16(17,18)19/h1,5-8H,9H2,2-3H3. The van der Waals surface area contributed by atoms with E-state index in [-0.39, 0.29) is 18.0 Å². The first-order chi connectivity index (χ1) is 10.6. The normalized spacial score (nSPS) is 12.0. The summed E-state index contributed by atoms with van der Waals surface area (Å²) in [6.07, 6.45) is 0.763. The first-order valence-electron chi connectivity index (χ1n) is 6.65. The van der Waals surface area contributed by atoms with Gasteiger partial charge in [-0.2, -0.15) is 18.2 Å². The number of carbonyl (C=O) groups is 1. The summed E-state index contributed by atoms with van der Waals surface area (Å²) in [6.45, 7) is 3.31. The monoisotopic (exact) mass is 322 g/mol. The molecule has 0 fully saturated rings. The summed E-state index contributed by atoms with van der Waals surface area (Å²) in [5, 5.41) is 3.30. The lowest BCUT2D eigenvalue weighted by Gasteiger charge is -2.15. The number of rotatable bonds is 4. The predicted molar refractivity (Wildman–Crippen MR) is 76.1 cm³/mol. The Labute approximate surface area is 130 Å². The molecule has 0 atom stereocenters. The Morgan fingerprint density at radius 1 is 1.26 bits per heavy atom. The Bertz CT molecular complexity index is 753. The summed E-state index contributed by atoms with van der Waals surface area (Å²) in [5.74, 6) is 0.740. The number of aromatic nitrogens is 2. The van der Waals surface area contributed by atoms with E-state index in [0.717, 1.165) is 0 Å². The number of hydrogen-bond donors (Lipinski definition) is 0. The third-order valence-corrected chi connectivity index (χ3v) is 3.30. The van der Waals surface area contributed by atoms with Crippen molar-refractivity contribution in [1.29, 1.82) is 0 Å². The molecule has 7 heteroatoms. The molecule has 1 heterocycles. The van der Waals surface area contributed by atoms with Gasteiger partial charge in [-0.05, 0) is 19.4 Å². The second kappa shape index (κ2) is 5.88. The van der Waals surface area contributed by atoms with Crippen molar-refractivity contribution in [2.75, 3.05) is 0 Å². The van der Waals surface area contributed by atoms with Gasteiger partial charge in [0.05, 0.1) is 5.41 Å². The fourth-order valence-electron chi connectivity index (χ4n) is 1.71. The van der Waals surface area contributed by atoms with Gasteiger partial charge in [0.25, 0.3) is 0 Å². The Kier molecular flexibility index (Phi) is 4.28. The van der Waals surface area contributed by atoms with Crippen LogP contribution in [0, 0.1) is 17.8 Å². The lowest BCUT2D eigenvalue weighted by molar-refractivity contribution is -0.159. The summed E-state index contributed by atoms with van der Waals surface area (Å²) in [4.78, 5) is 15.3. The quantitative estimate of drug-likeness (QED) is 0.808. The van der Waals surface area contributed by atoms with Gasteiger partial charge in [0.15, 0.2) is 5.78 Å². The fourth-order valence-corrected chi connectivity index (χ4v) is 1.71. The molecule has 4 nitrogen and oxygen atoms in total. The van der Waals surface area contributed by atoms with Crippen LogP contribution in [0.2, 0.25) is 0 Å². The second-order valence-corrected chi connectivity index (χ2v) is 5.49. The van der Waals surface area contributed by atoms with Crippen LogP contribution in [0.1, 0.15) is 25.3 Å². The molecule has 1 aromatic carbocycles. The van der Waals surface area contributed by atoms with E-state index >= 15 is 0 Å². The van der Waals surface area contributed by atoms with Crippen molar-refractivity contribution >= 4 is 5.78 Å². The molecule has 0 spiro atoms. The van der Waals surface area contributed by atoms with E-state index in [9.17, 15) is 18.0 Å². The van der Waals surface area contributed by atoms with Crippen LogP contribution < -0.4 is 0 Å².